The van der Waals surface area contributed by atoms with Gasteiger partial charge in [-0.25, -0.2) is 9.97 Å². The van der Waals surface area contributed by atoms with Gasteiger partial charge in [-0.3, -0.25) is 4.79 Å². The van der Waals surface area contributed by atoms with E-state index in [9.17, 15) is 9.90 Å². The number of aryl methyl sites for hydroxylation is 1. The van der Waals surface area contributed by atoms with Crippen LogP contribution in [0, 0.1) is 5.92 Å². The summed E-state index contributed by atoms with van der Waals surface area (Å²) in [7, 11) is 0. The maximum absolute atomic E-state index is 12.6. The Bertz CT molecular complexity index is 981. The molecule has 0 aliphatic heterocycles. The molecule has 0 bridgehead atoms. The van der Waals surface area contributed by atoms with Crippen molar-refractivity contribution >= 4 is 11.7 Å². The molecule has 1 fully saturated rings. The van der Waals surface area contributed by atoms with E-state index in [-0.39, 0.29) is 11.7 Å². The largest absolute Gasteiger partial charge is 0.508 e. The molecule has 0 atom stereocenters. The smallest absolute Gasteiger partial charge is 0.225 e. The number of hydrogen-bond acceptors (Lipinski definition) is 4. The summed E-state index contributed by atoms with van der Waals surface area (Å²) in [6, 6.07) is 17.0. The monoisotopic (exact) mass is 401 g/mol. The molecule has 1 aliphatic rings. The Balaban J connectivity index is 1.51. The summed E-state index contributed by atoms with van der Waals surface area (Å²) in [5, 5.41) is 12.5. The molecule has 1 aromatic heterocycles. The minimum absolute atomic E-state index is 0.0433. The van der Waals surface area contributed by atoms with Crippen LogP contribution in [0.1, 0.15) is 43.4 Å². The van der Waals surface area contributed by atoms with Gasteiger partial charge in [0.1, 0.15) is 5.75 Å². The van der Waals surface area contributed by atoms with Crippen LogP contribution in [-0.2, 0) is 17.6 Å². The Labute approximate surface area is 177 Å². The molecule has 0 radical (unpaired) electrons. The number of benzene rings is 2. The van der Waals surface area contributed by atoms with Crippen LogP contribution in [-0.4, -0.2) is 21.0 Å². The highest BCUT2D eigenvalue weighted by Crippen LogP contribution is 2.30. The van der Waals surface area contributed by atoms with Crippen LogP contribution in [0.4, 0.5) is 5.82 Å². The summed E-state index contributed by atoms with van der Waals surface area (Å²) >= 11 is 0. The third kappa shape index (κ3) is 5.23. The molecule has 2 N–H and O–H groups in total. The maximum Gasteiger partial charge on any atom is 0.225 e. The van der Waals surface area contributed by atoms with Gasteiger partial charge in [0.2, 0.25) is 5.91 Å². The van der Waals surface area contributed by atoms with Crippen molar-refractivity contribution in [3.05, 3.63) is 72.1 Å². The Kier molecular flexibility index (Phi) is 6.38. The lowest BCUT2D eigenvalue weighted by molar-refractivity contribution is -0.116. The molecule has 1 amide bonds. The summed E-state index contributed by atoms with van der Waals surface area (Å²) in [4.78, 5) is 22.0. The normalized spacial score (nSPS) is 14.0. The van der Waals surface area contributed by atoms with Crippen LogP contribution in [0.2, 0.25) is 0 Å². The van der Waals surface area contributed by atoms with Crippen LogP contribution in [0.15, 0.2) is 60.8 Å². The summed E-state index contributed by atoms with van der Waals surface area (Å²) in [5.41, 5.74) is 3.65. The first kappa shape index (κ1) is 20.1. The first-order valence-electron chi connectivity index (χ1n) is 10.7. The van der Waals surface area contributed by atoms with E-state index in [4.69, 9.17) is 4.98 Å². The number of nitrogens with zero attached hydrogens (tertiary/aromatic N) is 2. The van der Waals surface area contributed by atoms with Crippen molar-refractivity contribution in [2.24, 2.45) is 5.92 Å². The Morgan fingerprint density at radius 3 is 2.50 bits per heavy atom. The summed E-state index contributed by atoms with van der Waals surface area (Å²) in [6.45, 7) is 0. The number of carbonyl (C=O) groups excluding carboxylic acids is 1. The predicted octanol–water partition coefficient (Wildman–Crippen LogP) is 5.15. The standard InChI is InChI=1S/C25H27N3O2/c29-21-13-11-20(12-14-21)23-17-26-25(22(27-23)16-19-8-4-5-9-19)28-24(30)15-10-18-6-2-1-3-7-18/h1-3,6-7,11-14,17,19,29H,4-5,8-10,15-16H2,(H,26,28,30). The molecule has 5 heteroatoms. The van der Waals surface area contributed by atoms with E-state index in [1.165, 1.54) is 25.7 Å². The van der Waals surface area contributed by atoms with E-state index in [0.29, 0.717) is 24.6 Å². The van der Waals surface area contributed by atoms with Gasteiger partial charge in [0, 0.05) is 12.0 Å². The van der Waals surface area contributed by atoms with Crippen molar-refractivity contribution in [1.82, 2.24) is 9.97 Å². The third-order valence-corrected chi connectivity index (χ3v) is 5.71. The highest BCUT2D eigenvalue weighted by Gasteiger charge is 2.20. The van der Waals surface area contributed by atoms with Crippen LogP contribution >= 0.6 is 0 Å². The Morgan fingerprint density at radius 2 is 1.77 bits per heavy atom. The fourth-order valence-corrected chi connectivity index (χ4v) is 4.03. The zero-order valence-electron chi connectivity index (χ0n) is 17.1. The van der Waals surface area contributed by atoms with Crippen molar-refractivity contribution in [2.75, 3.05) is 5.32 Å². The Hall–Kier alpha value is -3.21. The van der Waals surface area contributed by atoms with E-state index < -0.39 is 0 Å². The highest BCUT2D eigenvalue weighted by molar-refractivity contribution is 5.90. The molecule has 3 aromatic rings. The van der Waals surface area contributed by atoms with Crippen LogP contribution in [0.25, 0.3) is 11.3 Å². The van der Waals surface area contributed by atoms with Crippen molar-refractivity contribution in [3.8, 4) is 17.0 Å². The van der Waals surface area contributed by atoms with Gasteiger partial charge in [-0.1, -0.05) is 56.0 Å². The van der Waals surface area contributed by atoms with Gasteiger partial charge in [-0.05, 0) is 48.6 Å². The van der Waals surface area contributed by atoms with E-state index in [1.807, 2.05) is 42.5 Å². The molecule has 154 valence electrons. The number of phenols is 1. The molecule has 4 rings (SSSR count). The van der Waals surface area contributed by atoms with Gasteiger partial charge in [0.05, 0.1) is 17.6 Å². The van der Waals surface area contributed by atoms with E-state index >= 15 is 0 Å². The quantitative estimate of drug-likeness (QED) is 0.574. The number of hydrogen-bond donors (Lipinski definition) is 2. The molecule has 0 saturated heterocycles. The molecule has 0 spiro atoms. The van der Waals surface area contributed by atoms with Crippen LogP contribution < -0.4 is 5.32 Å². The number of aromatic hydroxyl groups is 1. The van der Waals surface area contributed by atoms with Crippen molar-refractivity contribution in [1.29, 1.82) is 0 Å². The predicted molar refractivity (Wildman–Crippen MR) is 118 cm³/mol. The number of aromatic nitrogens is 2. The number of amides is 1. The van der Waals surface area contributed by atoms with Gasteiger partial charge in [-0.2, -0.15) is 0 Å². The molecule has 1 heterocycles. The SMILES string of the molecule is O=C(CCc1ccccc1)Nc1ncc(-c2ccc(O)cc2)nc1CC1CCCC1. The van der Waals surface area contributed by atoms with Crippen molar-refractivity contribution in [3.63, 3.8) is 0 Å². The lowest BCUT2D eigenvalue weighted by atomic mass is 10.0. The number of anilines is 1. The van der Waals surface area contributed by atoms with E-state index in [2.05, 4.69) is 10.3 Å². The Morgan fingerprint density at radius 1 is 1.03 bits per heavy atom. The minimum atomic E-state index is -0.0433. The second-order valence-electron chi connectivity index (χ2n) is 7.99. The zero-order valence-corrected chi connectivity index (χ0v) is 17.1. The molecule has 0 unspecified atom stereocenters. The van der Waals surface area contributed by atoms with Crippen LogP contribution in [0.3, 0.4) is 0 Å². The number of nitrogens with one attached hydrogen (secondary N) is 1. The lowest BCUT2D eigenvalue weighted by Crippen LogP contribution is -2.17. The fraction of sp³-hybridized carbons (Fsp3) is 0.320. The first-order valence-corrected chi connectivity index (χ1v) is 10.7. The van der Waals surface area contributed by atoms with E-state index in [0.717, 1.165) is 28.9 Å². The number of rotatable bonds is 7. The molecule has 30 heavy (non-hydrogen) atoms. The molecule has 2 aromatic carbocycles. The second kappa shape index (κ2) is 9.53. The summed E-state index contributed by atoms with van der Waals surface area (Å²) in [5.74, 6) is 1.34. The van der Waals surface area contributed by atoms with Gasteiger partial charge in [0.25, 0.3) is 0 Å². The molecule has 5 nitrogen and oxygen atoms in total. The van der Waals surface area contributed by atoms with Crippen molar-refractivity contribution in [2.45, 2.75) is 44.9 Å². The van der Waals surface area contributed by atoms with Gasteiger partial charge in [0.15, 0.2) is 5.82 Å². The van der Waals surface area contributed by atoms with Crippen molar-refractivity contribution < 1.29 is 9.90 Å². The number of phenolic OH excluding ortho intramolecular Hbond substituents is 1. The second-order valence-corrected chi connectivity index (χ2v) is 7.99. The summed E-state index contributed by atoms with van der Waals surface area (Å²) < 4.78 is 0. The maximum atomic E-state index is 12.6. The summed E-state index contributed by atoms with van der Waals surface area (Å²) in [6.07, 6.45) is 8.55. The van der Waals surface area contributed by atoms with Gasteiger partial charge < -0.3 is 10.4 Å². The molecular formula is C25H27N3O2. The molecule has 1 aliphatic carbocycles. The first-order chi connectivity index (χ1) is 14.7. The topological polar surface area (TPSA) is 75.1 Å². The highest BCUT2D eigenvalue weighted by atomic mass is 16.3. The minimum Gasteiger partial charge on any atom is -0.508 e. The lowest BCUT2D eigenvalue weighted by Gasteiger charge is -2.14. The average Bonchev–Trinajstić information content (AvgIpc) is 3.28. The van der Waals surface area contributed by atoms with E-state index in [1.54, 1.807) is 18.3 Å². The van der Waals surface area contributed by atoms with Gasteiger partial charge in [-0.15, -0.1) is 0 Å². The van der Waals surface area contributed by atoms with Gasteiger partial charge >= 0.3 is 0 Å². The molecular weight excluding hydrogens is 374 g/mol. The molecule has 1 saturated carbocycles. The zero-order chi connectivity index (χ0) is 20.8. The third-order valence-electron chi connectivity index (χ3n) is 5.71. The number of carbonyl (C=O) groups is 1. The fourth-order valence-electron chi connectivity index (χ4n) is 4.03. The average molecular weight is 402 g/mol. The van der Waals surface area contributed by atoms with Crippen LogP contribution in [0.5, 0.6) is 5.75 Å².